The van der Waals surface area contributed by atoms with E-state index < -0.39 is 10.0 Å². The summed E-state index contributed by atoms with van der Waals surface area (Å²) in [5.41, 5.74) is 1.15. The first-order valence-electron chi connectivity index (χ1n) is 10.7. The number of carbonyl (C=O) groups is 1. The molecule has 2 heterocycles. The van der Waals surface area contributed by atoms with Crippen LogP contribution in [0.25, 0.3) is 0 Å². The number of benzene rings is 1. The number of amides is 1. The van der Waals surface area contributed by atoms with E-state index in [0.29, 0.717) is 32.5 Å². The highest BCUT2D eigenvalue weighted by atomic mass is 32.2. The fourth-order valence-electron chi connectivity index (χ4n) is 4.21. The Balaban J connectivity index is 1.32. The average molecular weight is 439 g/mol. The molecule has 2 aliphatic heterocycles. The first kappa shape index (κ1) is 22.8. The normalized spacial score (nSPS) is 19.6. The van der Waals surface area contributed by atoms with Gasteiger partial charge < -0.3 is 15.0 Å². The van der Waals surface area contributed by atoms with Gasteiger partial charge in [-0.1, -0.05) is 12.1 Å². The number of methoxy groups -OCH3 is 1. The smallest absolute Gasteiger partial charge is 0.223 e. The predicted octanol–water partition coefficient (Wildman–Crippen LogP) is 0.995. The molecule has 0 aromatic heterocycles. The number of nitrogens with zero attached hydrogens (tertiary/aromatic N) is 3. The molecule has 8 nitrogen and oxygen atoms in total. The topological polar surface area (TPSA) is 82.2 Å². The standard InChI is InChI=1S/C21H34N4O4S/c1-29-20-7-4-3-6-19(20)24-16-14-23(15-17-24)11-5-10-22-21(26)18-8-12-25(13-9-18)30(2,27)28/h3-4,6-7,18H,5,8-17H2,1-2H3,(H,22,26). The van der Waals surface area contributed by atoms with Crippen molar-refractivity contribution >= 4 is 21.6 Å². The van der Waals surface area contributed by atoms with Crippen molar-refractivity contribution < 1.29 is 17.9 Å². The molecule has 9 heteroatoms. The summed E-state index contributed by atoms with van der Waals surface area (Å²) in [7, 11) is -1.44. The van der Waals surface area contributed by atoms with E-state index in [1.54, 1.807) is 7.11 Å². The third-order valence-electron chi connectivity index (χ3n) is 6.04. The lowest BCUT2D eigenvalue weighted by Crippen LogP contribution is -2.47. The van der Waals surface area contributed by atoms with Crippen molar-refractivity contribution in [3.05, 3.63) is 24.3 Å². The lowest BCUT2D eigenvalue weighted by molar-refractivity contribution is -0.126. The summed E-state index contributed by atoms with van der Waals surface area (Å²) in [6, 6.07) is 8.12. The number of rotatable bonds is 8. The van der Waals surface area contributed by atoms with Crippen LogP contribution in [0.15, 0.2) is 24.3 Å². The highest BCUT2D eigenvalue weighted by molar-refractivity contribution is 7.88. The molecule has 30 heavy (non-hydrogen) atoms. The second-order valence-electron chi connectivity index (χ2n) is 8.08. The predicted molar refractivity (Wildman–Crippen MR) is 118 cm³/mol. The van der Waals surface area contributed by atoms with Crippen molar-refractivity contribution in [3.8, 4) is 5.75 Å². The molecule has 1 aromatic rings. The SMILES string of the molecule is COc1ccccc1N1CCN(CCCNC(=O)C2CCN(S(C)(=O)=O)CC2)CC1. The summed E-state index contributed by atoms with van der Waals surface area (Å²) in [5.74, 6) is 0.896. The Hall–Kier alpha value is -1.84. The molecule has 1 N–H and O–H groups in total. The fraction of sp³-hybridized carbons (Fsp3) is 0.667. The number of anilines is 1. The Bertz CT molecular complexity index is 801. The Morgan fingerprint density at radius 1 is 1.10 bits per heavy atom. The third-order valence-corrected chi connectivity index (χ3v) is 7.35. The largest absolute Gasteiger partial charge is 0.495 e. The van der Waals surface area contributed by atoms with Gasteiger partial charge in [0.05, 0.1) is 19.1 Å². The van der Waals surface area contributed by atoms with E-state index >= 15 is 0 Å². The molecule has 3 rings (SSSR count). The number of hydrogen-bond acceptors (Lipinski definition) is 6. The molecule has 2 saturated heterocycles. The fourth-order valence-corrected chi connectivity index (χ4v) is 5.09. The highest BCUT2D eigenvalue weighted by Crippen LogP contribution is 2.28. The van der Waals surface area contributed by atoms with Crippen LogP contribution in [0.4, 0.5) is 5.69 Å². The van der Waals surface area contributed by atoms with E-state index in [-0.39, 0.29) is 11.8 Å². The monoisotopic (exact) mass is 438 g/mol. The Morgan fingerprint density at radius 3 is 2.40 bits per heavy atom. The van der Waals surface area contributed by atoms with Crippen LogP contribution >= 0.6 is 0 Å². The number of piperazine rings is 1. The van der Waals surface area contributed by atoms with E-state index in [9.17, 15) is 13.2 Å². The molecular weight excluding hydrogens is 404 g/mol. The lowest BCUT2D eigenvalue weighted by atomic mass is 9.97. The summed E-state index contributed by atoms with van der Waals surface area (Å²) in [4.78, 5) is 17.1. The van der Waals surface area contributed by atoms with Crippen LogP contribution < -0.4 is 15.0 Å². The molecular formula is C21H34N4O4S. The van der Waals surface area contributed by atoms with Gasteiger partial charge in [-0.25, -0.2) is 12.7 Å². The molecule has 168 valence electrons. The van der Waals surface area contributed by atoms with Crippen LogP contribution in [0, 0.1) is 5.92 Å². The van der Waals surface area contributed by atoms with E-state index in [1.165, 1.54) is 10.6 Å². The van der Waals surface area contributed by atoms with Crippen LogP contribution in [0.2, 0.25) is 0 Å². The maximum atomic E-state index is 12.4. The molecule has 0 atom stereocenters. The minimum Gasteiger partial charge on any atom is -0.495 e. The zero-order valence-corrected chi connectivity index (χ0v) is 18.9. The summed E-state index contributed by atoms with van der Waals surface area (Å²) in [6.45, 7) is 6.42. The first-order chi connectivity index (χ1) is 14.4. The molecule has 0 unspecified atom stereocenters. The minimum absolute atomic E-state index is 0.0594. The molecule has 0 radical (unpaired) electrons. The van der Waals surface area contributed by atoms with Gasteiger partial charge in [0.25, 0.3) is 0 Å². The maximum Gasteiger partial charge on any atom is 0.223 e. The first-order valence-corrected chi connectivity index (χ1v) is 12.6. The number of nitrogens with one attached hydrogen (secondary N) is 1. The number of sulfonamides is 1. The van der Waals surface area contributed by atoms with Gasteiger partial charge in [-0.15, -0.1) is 0 Å². The second kappa shape index (κ2) is 10.5. The van der Waals surface area contributed by atoms with Crippen molar-refractivity contribution in [2.45, 2.75) is 19.3 Å². The zero-order chi connectivity index (χ0) is 21.6. The van der Waals surface area contributed by atoms with Crippen molar-refractivity contribution in [1.82, 2.24) is 14.5 Å². The van der Waals surface area contributed by atoms with Crippen LogP contribution in [0.1, 0.15) is 19.3 Å². The Kier molecular flexibility index (Phi) is 7.96. The number of piperidine rings is 1. The van der Waals surface area contributed by atoms with Crippen molar-refractivity contribution in [3.63, 3.8) is 0 Å². The highest BCUT2D eigenvalue weighted by Gasteiger charge is 2.28. The zero-order valence-electron chi connectivity index (χ0n) is 18.0. The quantitative estimate of drug-likeness (QED) is 0.610. The van der Waals surface area contributed by atoms with Gasteiger partial charge in [0, 0.05) is 51.7 Å². The van der Waals surface area contributed by atoms with Gasteiger partial charge in [-0.05, 0) is 37.9 Å². The van der Waals surface area contributed by atoms with Crippen LogP contribution in [0.5, 0.6) is 5.75 Å². The van der Waals surface area contributed by atoms with E-state index in [0.717, 1.165) is 50.6 Å². The molecule has 1 aromatic carbocycles. The molecule has 2 aliphatic rings. The van der Waals surface area contributed by atoms with Gasteiger partial charge in [0.2, 0.25) is 15.9 Å². The molecule has 0 aliphatic carbocycles. The summed E-state index contributed by atoms with van der Waals surface area (Å²) in [6.07, 6.45) is 3.35. The van der Waals surface area contributed by atoms with Gasteiger partial charge in [-0.2, -0.15) is 0 Å². The molecule has 0 saturated carbocycles. The van der Waals surface area contributed by atoms with Crippen LogP contribution in [0.3, 0.4) is 0 Å². The third kappa shape index (κ3) is 6.09. The van der Waals surface area contributed by atoms with Crippen molar-refractivity contribution in [2.24, 2.45) is 5.92 Å². The van der Waals surface area contributed by atoms with Crippen LogP contribution in [-0.2, 0) is 14.8 Å². The van der Waals surface area contributed by atoms with E-state index in [1.807, 2.05) is 18.2 Å². The molecule has 2 fully saturated rings. The number of ether oxygens (including phenoxy) is 1. The summed E-state index contributed by atoms with van der Waals surface area (Å²) < 4.78 is 30.1. The second-order valence-corrected chi connectivity index (χ2v) is 10.1. The lowest BCUT2D eigenvalue weighted by Gasteiger charge is -2.36. The maximum absolute atomic E-state index is 12.4. The number of hydrogen-bond donors (Lipinski definition) is 1. The molecule has 0 bridgehead atoms. The Morgan fingerprint density at radius 2 is 1.77 bits per heavy atom. The van der Waals surface area contributed by atoms with Crippen LogP contribution in [-0.4, -0.2) is 89.3 Å². The molecule has 1 amide bonds. The molecule has 0 spiro atoms. The van der Waals surface area contributed by atoms with Gasteiger partial charge >= 0.3 is 0 Å². The van der Waals surface area contributed by atoms with Gasteiger partial charge in [0.1, 0.15) is 5.75 Å². The van der Waals surface area contributed by atoms with Crippen molar-refractivity contribution in [1.29, 1.82) is 0 Å². The van der Waals surface area contributed by atoms with Gasteiger partial charge in [0.15, 0.2) is 0 Å². The number of carbonyl (C=O) groups excluding carboxylic acids is 1. The van der Waals surface area contributed by atoms with E-state index in [2.05, 4.69) is 21.2 Å². The minimum atomic E-state index is -3.15. The summed E-state index contributed by atoms with van der Waals surface area (Å²) >= 11 is 0. The van der Waals surface area contributed by atoms with Crippen molar-refractivity contribution in [2.75, 3.05) is 70.6 Å². The average Bonchev–Trinajstić information content (AvgIpc) is 2.76. The summed E-state index contributed by atoms with van der Waals surface area (Å²) in [5, 5.41) is 3.03. The Labute approximate surface area is 180 Å². The van der Waals surface area contributed by atoms with E-state index in [4.69, 9.17) is 4.74 Å². The number of para-hydroxylation sites is 2. The van der Waals surface area contributed by atoms with Gasteiger partial charge in [-0.3, -0.25) is 9.69 Å².